The minimum absolute atomic E-state index is 0.0150. The smallest absolute Gasteiger partial charge is 0.241 e. The van der Waals surface area contributed by atoms with Crippen LogP contribution in [-0.4, -0.2) is 33.4 Å². The summed E-state index contributed by atoms with van der Waals surface area (Å²) in [7, 11) is 0. The van der Waals surface area contributed by atoms with E-state index < -0.39 is 6.10 Å². The number of nitrogens with one attached hydrogen (secondary N) is 1. The molecule has 0 saturated carbocycles. The fraction of sp³-hybridized carbons (Fsp3) is 0.211. The van der Waals surface area contributed by atoms with E-state index in [0.29, 0.717) is 17.3 Å². The molecular weight excluding hydrogens is 318 g/mol. The van der Waals surface area contributed by atoms with Gasteiger partial charge in [-0.1, -0.05) is 42.5 Å². The number of fused-ring (bicyclic) bond motifs is 1. The Hall–Kier alpha value is -2.99. The highest BCUT2D eigenvalue weighted by molar-refractivity contribution is 5.81. The van der Waals surface area contributed by atoms with E-state index in [9.17, 15) is 14.7 Å². The maximum absolute atomic E-state index is 12.1. The Labute approximate surface area is 144 Å². The van der Waals surface area contributed by atoms with Crippen molar-refractivity contribution in [1.82, 2.24) is 15.1 Å². The summed E-state index contributed by atoms with van der Waals surface area (Å²) in [5.74, 6) is -0.270. The number of nitrogens with zero attached hydrogens (tertiary/aromatic N) is 2. The van der Waals surface area contributed by atoms with Crippen LogP contribution in [-0.2, 0) is 17.8 Å². The zero-order chi connectivity index (χ0) is 17.6. The Kier molecular flexibility index (Phi) is 5.20. The first-order chi connectivity index (χ1) is 12.1. The van der Waals surface area contributed by atoms with E-state index in [4.69, 9.17) is 0 Å². The van der Waals surface area contributed by atoms with E-state index in [2.05, 4.69) is 10.4 Å². The van der Waals surface area contributed by atoms with Crippen molar-refractivity contribution in [3.05, 3.63) is 76.6 Å². The van der Waals surface area contributed by atoms with Gasteiger partial charge in [-0.2, -0.15) is 5.10 Å². The minimum Gasteiger partial charge on any atom is -0.391 e. The number of rotatable bonds is 6. The van der Waals surface area contributed by atoms with E-state index in [1.807, 2.05) is 30.3 Å². The molecule has 1 amide bonds. The molecule has 0 aliphatic heterocycles. The van der Waals surface area contributed by atoms with E-state index >= 15 is 0 Å². The minimum atomic E-state index is -0.662. The molecule has 1 heterocycles. The fourth-order valence-electron chi connectivity index (χ4n) is 2.67. The summed E-state index contributed by atoms with van der Waals surface area (Å²) in [5.41, 5.74) is 1.44. The van der Waals surface area contributed by atoms with E-state index in [-0.39, 0.29) is 24.4 Å². The monoisotopic (exact) mass is 337 g/mol. The van der Waals surface area contributed by atoms with Crippen molar-refractivity contribution in [2.24, 2.45) is 0 Å². The quantitative estimate of drug-likeness (QED) is 0.706. The Morgan fingerprint density at radius 3 is 2.64 bits per heavy atom. The van der Waals surface area contributed by atoms with Crippen molar-refractivity contribution in [3.8, 4) is 0 Å². The van der Waals surface area contributed by atoms with Gasteiger partial charge in [0.15, 0.2) is 0 Å². The van der Waals surface area contributed by atoms with Gasteiger partial charge in [-0.25, -0.2) is 0 Å². The number of hydrogen-bond acceptors (Lipinski definition) is 4. The first-order valence-electron chi connectivity index (χ1n) is 8.07. The second kappa shape index (κ2) is 7.72. The summed E-state index contributed by atoms with van der Waals surface area (Å²) < 4.78 is 1.48. The molecule has 6 nitrogen and oxygen atoms in total. The molecule has 0 saturated heterocycles. The number of carbonyl (C=O) groups excluding carboxylic acids is 1. The molecule has 128 valence electrons. The molecular formula is C19H19N3O3. The van der Waals surface area contributed by atoms with Crippen molar-refractivity contribution in [2.75, 3.05) is 6.54 Å². The topological polar surface area (TPSA) is 84.2 Å². The third-order valence-corrected chi connectivity index (χ3v) is 3.90. The van der Waals surface area contributed by atoms with Crippen LogP contribution >= 0.6 is 0 Å². The van der Waals surface area contributed by atoms with Gasteiger partial charge in [0.25, 0.3) is 0 Å². The Bertz CT molecular complexity index is 922. The van der Waals surface area contributed by atoms with Crippen LogP contribution in [0.15, 0.2) is 65.6 Å². The molecule has 1 aromatic heterocycles. The van der Waals surface area contributed by atoms with Gasteiger partial charge in [0.1, 0.15) is 6.54 Å². The first-order valence-corrected chi connectivity index (χ1v) is 8.07. The molecule has 3 aromatic rings. The van der Waals surface area contributed by atoms with Crippen molar-refractivity contribution in [3.63, 3.8) is 0 Å². The third kappa shape index (κ3) is 4.30. The van der Waals surface area contributed by atoms with E-state index in [1.165, 1.54) is 10.9 Å². The molecule has 0 aliphatic carbocycles. The van der Waals surface area contributed by atoms with Crippen LogP contribution in [0.4, 0.5) is 0 Å². The van der Waals surface area contributed by atoms with Gasteiger partial charge in [0.05, 0.1) is 17.8 Å². The van der Waals surface area contributed by atoms with Gasteiger partial charge < -0.3 is 10.4 Å². The summed E-state index contributed by atoms with van der Waals surface area (Å²) in [6, 6.07) is 16.6. The summed E-state index contributed by atoms with van der Waals surface area (Å²) in [5, 5.41) is 17.3. The highest BCUT2D eigenvalue weighted by Crippen LogP contribution is 2.07. The lowest BCUT2D eigenvalue weighted by atomic mass is 10.1. The summed E-state index contributed by atoms with van der Waals surface area (Å²) >= 11 is 0. The molecule has 3 rings (SSSR count). The zero-order valence-corrected chi connectivity index (χ0v) is 13.6. The lowest BCUT2D eigenvalue weighted by Gasteiger charge is -2.13. The zero-order valence-electron chi connectivity index (χ0n) is 13.6. The van der Waals surface area contributed by atoms with Crippen molar-refractivity contribution in [1.29, 1.82) is 0 Å². The molecule has 0 aliphatic rings. The van der Waals surface area contributed by atoms with Crippen molar-refractivity contribution in [2.45, 2.75) is 19.1 Å². The maximum atomic E-state index is 12.1. The van der Waals surface area contributed by atoms with E-state index in [0.717, 1.165) is 5.56 Å². The number of carbonyl (C=O) groups is 1. The van der Waals surface area contributed by atoms with Crippen LogP contribution in [0, 0.1) is 0 Å². The molecule has 1 unspecified atom stereocenters. The SMILES string of the molecule is O=C(Cn1ncc(=O)c2ccccc21)NCC(O)Cc1ccccc1. The molecule has 0 fully saturated rings. The normalized spacial score (nSPS) is 12.0. The highest BCUT2D eigenvalue weighted by atomic mass is 16.3. The fourth-order valence-corrected chi connectivity index (χ4v) is 2.67. The Morgan fingerprint density at radius 1 is 1.12 bits per heavy atom. The molecule has 0 radical (unpaired) electrons. The second-order valence-corrected chi connectivity index (χ2v) is 5.83. The third-order valence-electron chi connectivity index (χ3n) is 3.90. The average molecular weight is 337 g/mol. The number of aliphatic hydroxyl groups excluding tert-OH is 1. The van der Waals surface area contributed by atoms with Crippen LogP contribution in [0.3, 0.4) is 0 Å². The summed E-state index contributed by atoms with van der Waals surface area (Å²) in [6.07, 6.45) is 1.02. The number of aliphatic hydroxyl groups is 1. The van der Waals surface area contributed by atoms with E-state index in [1.54, 1.807) is 24.3 Å². The summed E-state index contributed by atoms with van der Waals surface area (Å²) in [4.78, 5) is 23.9. The van der Waals surface area contributed by atoms with Gasteiger partial charge in [0.2, 0.25) is 11.3 Å². The number of amides is 1. The highest BCUT2D eigenvalue weighted by Gasteiger charge is 2.10. The predicted molar refractivity (Wildman–Crippen MR) is 95.2 cm³/mol. The van der Waals surface area contributed by atoms with Gasteiger partial charge in [-0.05, 0) is 17.7 Å². The molecule has 6 heteroatoms. The molecule has 2 N–H and O–H groups in total. The molecule has 0 spiro atoms. The summed E-state index contributed by atoms with van der Waals surface area (Å²) in [6.45, 7) is 0.144. The Morgan fingerprint density at radius 2 is 1.84 bits per heavy atom. The number of para-hydroxylation sites is 1. The van der Waals surface area contributed by atoms with Crippen LogP contribution in [0.5, 0.6) is 0 Å². The number of aromatic nitrogens is 2. The molecule has 1 atom stereocenters. The number of benzene rings is 2. The van der Waals surface area contributed by atoms with Crippen LogP contribution in [0.1, 0.15) is 5.56 Å². The number of hydrogen-bond donors (Lipinski definition) is 2. The lowest BCUT2D eigenvalue weighted by molar-refractivity contribution is -0.122. The van der Waals surface area contributed by atoms with Crippen LogP contribution in [0.25, 0.3) is 10.9 Å². The van der Waals surface area contributed by atoms with Crippen LogP contribution in [0.2, 0.25) is 0 Å². The standard InChI is InChI=1S/C19H19N3O3/c23-15(10-14-6-2-1-3-7-14)11-20-19(25)13-22-17-9-5-4-8-16(17)18(24)12-21-22/h1-9,12,15,23H,10-11,13H2,(H,20,25). The van der Waals surface area contributed by atoms with Gasteiger partial charge in [-0.3, -0.25) is 14.3 Å². The van der Waals surface area contributed by atoms with Crippen molar-refractivity contribution >= 4 is 16.8 Å². The molecule has 25 heavy (non-hydrogen) atoms. The van der Waals surface area contributed by atoms with Crippen LogP contribution < -0.4 is 10.7 Å². The maximum Gasteiger partial charge on any atom is 0.241 e. The first kappa shape index (κ1) is 16.9. The predicted octanol–water partition coefficient (Wildman–Crippen LogP) is 1.12. The molecule has 2 aromatic carbocycles. The molecule has 0 bridgehead atoms. The van der Waals surface area contributed by atoms with Gasteiger partial charge >= 0.3 is 0 Å². The van der Waals surface area contributed by atoms with Gasteiger partial charge in [0, 0.05) is 18.4 Å². The lowest BCUT2D eigenvalue weighted by Crippen LogP contribution is -2.35. The second-order valence-electron chi connectivity index (χ2n) is 5.83. The van der Waals surface area contributed by atoms with Gasteiger partial charge in [-0.15, -0.1) is 0 Å². The average Bonchev–Trinajstić information content (AvgIpc) is 2.63. The van der Waals surface area contributed by atoms with Crippen molar-refractivity contribution < 1.29 is 9.90 Å². The largest absolute Gasteiger partial charge is 0.391 e. The Balaban J connectivity index is 1.60.